The summed E-state index contributed by atoms with van der Waals surface area (Å²) in [6.45, 7) is 0.923. The molecule has 1 heterocycles. The Kier molecular flexibility index (Phi) is 4.15. The Labute approximate surface area is 101 Å². The molecule has 4 nitrogen and oxygen atoms in total. The number of hydrogen-bond donors (Lipinski definition) is 0. The Bertz CT molecular complexity index is 435. The Balaban J connectivity index is 1.94. The van der Waals surface area contributed by atoms with E-state index < -0.39 is 9.84 Å². The van der Waals surface area contributed by atoms with Gasteiger partial charge in [-0.15, -0.1) is 0 Å². The number of hydrogen-bond acceptors (Lipinski definition) is 4. The first-order chi connectivity index (χ1) is 8.18. The van der Waals surface area contributed by atoms with Crippen molar-refractivity contribution in [1.82, 2.24) is 0 Å². The van der Waals surface area contributed by atoms with Crippen LogP contribution in [0.2, 0.25) is 0 Å². The third-order valence-corrected chi connectivity index (χ3v) is 4.55. The van der Waals surface area contributed by atoms with Crippen LogP contribution in [0, 0.1) is 0 Å². The van der Waals surface area contributed by atoms with Crippen LogP contribution in [0.1, 0.15) is 12.8 Å². The fraction of sp³-hybridized carbons (Fsp3) is 0.500. The summed E-state index contributed by atoms with van der Waals surface area (Å²) in [6, 6.07) is 8.52. The molecule has 1 atom stereocenters. The SMILES string of the molecule is O=S(=O)(CC[C@@H]1CCOCO1)c1ccccc1. The van der Waals surface area contributed by atoms with Crippen LogP contribution in [-0.2, 0) is 19.3 Å². The predicted molar refractivity (Wildman–Crippen MR) is 63.4 cm³/mol. The number of rotatable bonds is 4. The summed E-state index contributed by atoms with van der Waals surface area (Å²) >= 11 is 0. The maximum absolute atomic E-state index is 12.0. The van der Waals surface area contributed by atoms with Gasteiger partial charge in [0.15, 0.2) is 9.84 Å². The smallest absolute Gasteiger partial charge is 0.178 e. The fourth-order valence-electron chi connectivity index (χ4n) is 1.76. The monoisotopic (exact) mass is 256 g/mol. The van der Waals surface area contributed by atoms with Gasteiger partial charge in [-0.2, -0.15) is 0 Å². The minimum atomic E-state index is -3.18. The third kappa shape index (κ3) is 3.52. The van der Waals surface area contributed by atoms with E-state index in [9.17, 15) is 8.42 Å². The molecule has 0 radical (unpaired) electrons. The predicted octanol–water partition coefficient (Wildman–Crippen LogP) is 1.61. The summed E-state index contributed by atoms with van der Waals surface area (Å²) in [7, 11) is -3.18. The van der Waals surface area contributed by atoms with E-state index in [1.54, 1.807) is 30.3 Å². The van der Waals surface area contributed by atoms with Gasteiger partial charge in [0.25, 0.3) is 0 Å². The molecule has 0 N–H and O–H groups in total. The molecular weight excluding hydrogens is 240 g/mol. The molecule has 0 aromatic heterocycles. The maximum Gasteiger partial charge on any atom is 0.178 e. The number of sulfone groups is 1. The van der Waals surface area contributed by atoms with E-state index in [4.69, 9.17) is 9.47 Å². The lowest BCUT2D eigenvalue weighted by Gasteiger charge is -2.22. The zero-order chi connectivity index (χ0) is 12.1. The van der Waals surface area contributed by atoms with Gasteiger partial charge in [-0.05, 0) is 25.0 Å². The molecule has 1 aliphatic heterocycles. The molecule has 0 bridgehead atoms. The fourth-order valence-corrected chi connectivity index (χ4v) is 3.14. The Morgan fingerprint density at radius 3 is 2.65 bits per heavy atom. The van der Waals surface area contributed by atoms with E-state index >= 15 is 0 Å². The van der Waals surface area contributed by atoms with E-state index in [0.29, 0.717) is 17.9 Å². The van der Waals surface area contributed by atoms with Crippen LogP contribution < -0.4 is 0 Å². The van der Waals surface area contributed by atoms with Crippen LogP contribution >= 0.6 is 0 Å². The largest absolute Gasteiger partial charge is 0.355 e. The molecule has 1 aliphatic rings. The van der Waals surface area contributed by atoms with Crippen molar-refractivity contribution in [2.75, 3.05) is 19.2 Å². The van der Waals surface area contributed by atoms with Gasteiger partial charge >= 0.3 is 0 Å². The van der Waals surface area contributed by atoms with Gasteiger partial charge in [0.2, 0.25) is 0 Å². The van der Waals surface area contributed by atoms with Gasteiger partial charge in [0, 0.05) is 0 Å². The lowest BCUT2D eigenvalue weighted by Crippen LogP contribution is -2.26. The molecule has 0 saturated carbocycles. The van der Waals surface area contributed by atoms with Crippen molar-refractivity contribution >= 4 is 9.84 Å². The maximum atomic E-state index is 12.0. The molecule has 5 heteroatoms. The minimum Gasteiger partial charge on any atom is -0.355 e. The van der Waals surface area contributed by atoms with Crippen molar-refractivity contribution < 1.29 is 17.9 Å². The summed E-state index contributed by atoms with van der Waals surface area (Å²) in [5.74, 6) is 0.127. The molecular formula is C12H16O4S. The summed E-state index contributed by atoms with van der Waals surface area (Å²) in [5.41, 5.74) is 0. The van der Waals surface area contributed by atoms with Crippen molar-refractivity contribution in [2.24, 2.45) is 0 Å². The number of ether oxygens (including phenoxy) is 2. The van der Waals surface area contributed by atoms with Gasteiger partial charge in [0.1, 0.15) is 6.79 Å². The summed E-state index contributed by atoms with van der Waals surface area (Å²) in [6.07, 6.45) is 1.30. The van der Waals surface area contributed by atoms with Crippen LogP contribution in [0.15, 0.2) is 35.2 Å². The first-order valence-electron chi connectivity index (χ1n) is 5.66. The first kappa shape index (κ1) is 12.5. The molecule has 17 heavy (non-hydrogen) atoms. The lowest BCUT2D eigenvalue weighted by atomic mass is 10.2. The second-order valence-corrected chi connectivity index (χ2v) is 6.13. The Morgan fingerprint density at radius 1 is 1.24 bits per heavy atom. The molecule has 1 fully saturated rings. The average molecular weight is 256 g/mol. The van der Waals surface area contributed by atoms with Crippen LogP contribution in [0.25, 0.3) is 0 Å². The molecule has 1 saturated heterocycles. The first-order valence-corrected chi connectivity index (χ1v) is 7.31. The van der Waals surface area contributed by atoms with E-state index in [-0.39, 0.29) is 18.6 Å². The number of benzene rings is 1. The quantitative estimate of drug-likeness (QED) is 0.821. The molecule has 1 aromatic rings. The zero-order valence-corrected chi connectivity index (χ0v) is 10.4. The van der Waals surface area contributed by atoms with Gasteiger partial charge in [-0.1, -0.05) is 18.2 Å². The molecule has 1 aromatic carbocycles. The normalized spacial score (nSPS) is 21.3. The van der Waals surface area contributed by atoms with E-state index in [0.717, 1.165) is 6.42 Å². The van der Waals surface area contributed by atoms with Crippen LogP contribution in [0.3, 0.4) is 0 Å². The molecule has 0 aliphatic carbocycles. The Morgan fingerprint density at radius 2 is 2.00 bits per heavy atom. The average Bonchev–Trinajstić information content (AvgIpc) is 2.39. The van der Waals surface area contributed by atoms with Crippen LogP contribution in [0.5, 0.6) is 0 Å². The molecule has 0 spiro atoms. The van der Waals surface area contributed by atoms with Crippen molar-refractivity contribution in [2.45, 2.75) is 23.8 Å². The Hall–Kier alpha value is -0.910. The van der Waals surface area contributed by atoms with Crippen LogP contribution in [-0.4, -0.2) is 33.7 Å². The van der Waals surface area contributed by atoms with Crippen molar-refractivity contribution in [3.8, 4) is 0 Å². The molecule has 0 unspecified atom stereocenters. The van der Waals surface area contributed by atoms with Gasteiger partial charge < -0.3 is 9.47 Å². The highest BCUT2D eigenvalue weighted by Crippen LogP contribution is 2.15. The topological polar surface area (TPSA) is 52.6 Å². The summed E-state index contributed by atoms with van der Waals surface area (Å²) in [5, 5.41) is 0. The molecule has 2 rings (SSSR count). The van der Waals surface area contributed by atoms with Gasteiger partial charge in [-0.3, -0.25) is 0 Å². The van der Waals surface area contributed by atoms with E-state index in [1.165, 1.54) is 0 Å². The van der Waals surface area contributed by atoms with Gasteiger partial charge in [0.05, 0.1) is 23.4 Å². The van der Waals surface area contributed by atoms with Crippen molar-refractivity contribution in [3.05, 3.63) is 30.3 Å². The molecule has 0 amide bonds. The highest BCUT2D eigenvalue weighted by atomic mass is 32.2. The highest BCUT2D eigenvalue weighted by Gasteiger charge is 2.19. The van der Waals surface area contributed by atoms with Gasteiger partial charge in [-0.25, -0.2) is 8.42 Å². The van der Waals surface area contributed by atoms with E-state index in [2.05, 4.69) is 0 Å². The standard InChI is InChI=1S/C12H16O4S/c13-17(14,12-4-2-1-3-5-12)9-7-11-6-8-15-10-16-11/h1-5,11H,6-10H2/t11-/m0/s1. The second-order valence-electron chi connectivity index (χ2n) is 4.02. The zero-order valence-electron chi connectivity index (χ0n) is 9.54. The third-order valence-electron chi connectivity index (χ3n) is 2.78. The minimum absolute atomic E-state index is 0.00207. The van der Waals surface area contributed by atoms with Crippen molar-refractivity contribution in [3.63, 3.8) is 0 Å². The lowest BCUT2D eigenvalue weighted by molar-refractivity contribution is -0.138. The highest BCUT2D eigenvalue weighted by molar-refractivity contribution is 7.91. The summed E-state index contributed by atoms with van der Waals surface area (Å²) < 4.78 is 34.3. The second kappa shape index (κ2) is 5.62. The van der Waals surface area contributed by atoms with Crippen molar-refractivity contribution in [1.29, 1.82) is 0 Å². The summed E-state index contributed by atoms with van der Waals surface area (Å²) in [4.78, 5) is 0.382. The molecule has 94 valence electrons. The van der Waals surface area contributed by atoms with E-state index in [1.807, 2.05) is 0 Å². The van der Waals surface area contributed by atoms with Crippen LogP contribution in [0.4, 0.5) is 0 Å².